The van der Waals surface area contributed by atoms with Gasteiger partial charge in [0.1, 0.15) is 5.60 Å². The van der Waals surface area contributed by atoms with Crippen molar-refractivity contribution in [2.45, 2.75) is 53.1 Å². The van der Waals surface area contributed by atoms with Gasteiger partial charge in [-0.2, -0.15) is 0 Å². The third-order valence-electron chi connectivity index (χ3n) is 3.97. The number of carbonyl (C=O) groups is 1. The van der Waals surface area contributed by atoms with Crippen LogP contribution in [0.15, 0.2) is 17.5 Å². The predicted octanol–water partition coefficient (Wildman–Crippen LogP) is 3.84. The number of aliphatic hydroxyl groups excluding tert-OH is 1. The average Bonchev–Trinajstić information content (AvgIpc) is 2.90. The number of amides is 1. The zero-order valence-electron chi connectivity index (χ0n) is 14.3. The number of ether oxygens (including phenoxy) is 1. The third-order valence-corrected chi connectivity index (χ3v) is 4.91. The van der Waals surface area contributed by atoms with Crippen LogP contribution in [-0.2, 0) is 11.2 Å². The van der Waals surface area contributed by atoms with Gasteiger partial charge < -0.3 is 15.2 Å². The first-order valence-corrected chi connectivity index (χ1v) is 8.66. The summed E-state index contributed by atoms with van der Waals surface area (Å²) in [4.78, 5) is 13.2. The van der Waals surface area contributed by atoms with Crippen LogP contribution >= 0.6 is 11.3 Å². The van der Waals surface area contributed by atoms with Gasteiger partial charge in [0.25, 0.3) is 0 Å². The minimum atomic E-state index is -0.513. The number of carbonyl (C=O) groups excluding carboxylic acids is 1. The van der Waals surface area contributed by atoms with E-state index < -0.39 is 11.7 Å². The smallest absolute Gasteiger partial charge is 0.407 e. The predicted molar refractivity (Wildman–Crippen MR) is 91.2 cm³/mol. The lowest BCUT2D eigenvalue weighted by Gasteiger charge is -2.36. The second kappa shape index (κ2) is 7.97. The number of aryl methyl sites for hydroxylation is 1. The largest absolute Gasteiger partial charge is 0.444 e. The Labute approximate surface area is 137 Å². The van der Waals surface area contributed by atoms with E-state index in [4.69, 9.17) is 4.74 Å². The Bertz CT molecular complexity index is 451. The van der Waals surface area contributed by atoms with Crippen molar-refractivity contribution in [3.8, 4) is 0 Å². The molecule has 5 heteroatoms. The van der Waals surface area contributed by atoms with Gasteiger partial charge >= 0.3 is 6.09 Å². The van der Waals surface area contributed by atoms with Crippen LogP contribution in [0.25, 0.3) is 0 Å². The van der Waals surface area contributed by atoms with Crippen LogP contribution in [-0.4, -0.2) is 30.0 Å². The highest BCUT2D eigenvalue weighted by Gasteiger charge is 2.34. The lowest BCUT2D eigenvalue weighted by molar-refractivity contribution is 0.0369. The molecule has 1 heterocycles. The van der Waals surface area contributed by atoms with E-state index in [1.54, 1.807) is 11.3 Å². The summed E-state index contributed by atoms with van der Waals surface area (Å²) in [5.74, 6) is 0.257. The van der Waals surface area contributed by atoms with Crippen molar-refractivity contribution in [3.05, 3.63) is 22.4 Å². The van der Waals surface area contributed by atoms with E-state index in [-0.39, 0.29) is 17.9 Å². The van der Waals surface area contributed by atoms with E-state index >= 15 is 0 Å². The molecule has 0 spiro atoms. The van der Waals surface area contributed by atoms with E-state index in [2.05, 4.69) is 30.6 Å². The molecule has 1 aromatic rings. The Balaban J connectivity index is 2.64. The summed E-state index contributed by atoms with van der Waals surface area (Å²) in [6.45, 7) is 10.2. The Morgan fingerprint density at radius 3 is 2.55 bits per heavy atom. The van der Waals surface area contributed by atoms with Crippen LogP contribution < -0.4 is 5.32 Å². The first kappa shape index (κ1) is 19.0. The van der Waals surface area contributed by atoms with Crippen molar-refractivity contribution in [1.29, 1.82) is 0 Å². The van der Waals surface area contributed by atoms with Crippen molar-refractivity contribution < 1.29 is 14.6 Å². The average molecular weight is 327 g/mol. The number of hydrogen-bond acceptors (Lipinski definition) is 4. The van der Waals surface area contributed by atoms with Crippen molar-refractivity contribution in [1.82, 2.24) is 5.32 Å². The summed E-state index contributed by atoms with van der Waals surface area (Å²) in [7, 11) is 0. The van der Waals surface area contributed by atoms with Gasteiger partial charge in [-0.25, -0.2) is 4.79 Å². The number of aliphatic hydroxyl groups is 1. The van der Waals surface area contributed by atoms with E-state index in [0.29, 0.717) is 6.54 Å². The minimum Gasteiger partial charge on any atom is -0.444 e. The Kier molecular flexibility index (Phi) is 6.88. The van der Waals surface area contributed by atoms with Crippen LogP contribution in [0.2, 0.25) is 0 Å². The maximum atomic E-state index is 11.9. The quantitative estimate of drug-likeness (QED) is 0.800. The summed E-state index contributed by atoms with van der Waals surface area (Å²) in [5, 5.41) is 14.8. The maximum absolute atomic E-state index is 11.9. The molecule has 0 radical (unpaired) electrons. The molecule has 0 bridgehead atoms. The fraction of sp³-hybridized carbons (Fsp3) is 0.706. The molecule has 0 aliphatic carbocycles. The van der Waals surface area contributed by atoms with Crippen LogP contribution in [0.5, 0.6) is 0 Å². The van der Waals surface area contributed by atoms with Crippen molar-refractivity contribution in [2.24, 2.45) is 11.3 Å². The van der Waals surface area contributed by atoms with Gasteiger partial charge in [0.05, 0.1) is 6.61 Å². The molecule has 0 fully saturated rings. The number of thiophene rings is 1. The third kappa shape index (κ3) is 5.97. The van der Waals surface area contributed by atoms with E-state index in [0.717, 1.165) is 12.8 Å². The van der Waals surface area contributed by atoms with Gasteiger partial charge in [0.15, 0.2) is 0 Å². The van der Waals surface area contributed by atoms with E-state index in [1.807, 2.05) is 26.8 Å². The Hall–Kier alpha value is -1.07. The lowest BCUT2D eigenvalue weighted by atomic mass is 9.74. The molecule has 2 N–H and O–H groups in total. The van der Waals surface area contributed by atoms with Crippen molar-refractivity contribution in [3.63, 3.8) is 0 Å². The summed E-state index contributed by atoms with van der Waals surface area (Å²) >= 11 is 1.72. The highest BCUT2D eigenvalue weighted by atomic mass is 32.1. The zero-order chi connectivity index (χ0) is 16.8. The van der Waals surface area contributed by atoms with Gasteiger partial charge in [-0.05, 0) is 51.0 Å². The zero-order valence-corrected chi connectivity index (χ0v) is 15.1. The van der Waals surface area contributed by atoms with Gasteiger partial charge in [0.2, 0.25) is 0 Å². The van der Waals surface area contributed by atoms with Crippen LogP contribution in [0.3, 0.4) is 0 Å². The van der Waals surface area contributed by atoms with Crippen molar-refractivity contribution in [2.75, 3.05) is 13.2 Å². The van der Waals surface area contributed by atoms with Crippen molar-refractivity contribution >= 4 is 17.4 Å². The molecule has 1 rings (SSSR count). The summed E-state index contributed by atoms with van der Waals surface area (Å²) in [5.41, 5.74) is -0.846. The van der Waals surface area contributed by atoms with Crippen LogP contribution in [0.4, 0.5) is 4.79 Å². The summed E-state index contributed by atoms with van der Waals surface area (Å²) in [6.07, 6.45) is 1.31. The second-order valence-electron chi connectivity index (χ2n) is 7.11. The molecule has 0 saturated carbocycles. The van der Waals surface area contributed by atoms with Gasteiger partial charge in [-0.1, -0.05) is 19.9 Å². The molecule has 1 atom stereocenters. The molecule has 22 heavy (non-hydrogen) atoms. The first-order valence-electron chi connectivity index (χ1n) is 7.78. The molecule has 1 aromatic heterocycles. The molecule has 1 unspecified atom stereocenters. The molecular formula is C17H29NO3S. The number of alkyl carbamates (subject to hydrolysis) is 1. The SMILES string of the molecule is CC(C)C(CO)(CCc1cccs1)CNC(=O)OC(C)(C)C. The molecule has 0 saturated heterocycles. The minimum absolute atomic E-state index is 0.0475. The number of rotatable bonds is 7. The Morgan fingerprint density at radius 2 is 2.09 bits per heavy atom. The molecule has 0 aromatic carbocycles. The number of hydrogen-bond donors (Lipinski definition) is 2. The first-order chi connectivity index (χ1) is 10.2. The fourth-order valence-electron chi connectivity index (χ4n) is 2.29. The number of nitrogens with one attached hydrogen (secondary N) is 1. The topological polar surface area (TPSA) is 58.6 Å². The second-order valence-corrected chi connectivity index (χ2v) is 8.14. The highest BCUT2D eigenvalue weighted by molar-refractivity contribution is 7.09. The Morgan fingerprint density at radius 1 is 1.41 bits per heavy atom. The molecular weight excluding hydrogens is 298 g/mol. The van der Waals surface area contributed by atoms with Crippen LogP contribution in [0.1, 0.15) is 45.9 Å². The normalized spacial score (nSPS) is 14.7. The maximum Gasteiger partial charge on any atom is 0.407 e. The standard InChI is InChI=1S/C17H29NO3S/c1-13(2)17(12-19,9-8-14-7-6-10-22-14)11-18-15(20)21-16(3,4)5/h6-7,10,13,19H,8-9,11-12H2,1-5H3,(H,18,20). The van der Waals surface area contributed by atoms with Gasteiger partial charge in [-0.3, -0.25) is 0 Å². The molecule has 0 aliphatic heterocycles. The lowest BCUT2D eigenvalue weighted by Crippen LogP contribution is -2.45. The molecule has 1 amide bonds. The van der Waals surface area contributed by atoms with E-state index in [1.165, 1.54) is 4.88 Å². The molecule has 126 valence electrons. The van der Waals surface area contributed by atoms with Gasteiger partial charge in [0, 0.05) is 16.8 Å². The monoisotopic (exact) mass is 327 g/mol. The van der Waals surface area contributed by atoms with Crippen LogP contribution in [0, 0.1) is 11.3 Å². The fourth-order valence-corrected chi connectivity index (χ4v) is 3.00. The molecule has 4 nitrogen and oxygen atoms in total. The molecule has 0 aliphatic rings. The summed E-state index contributed by atoms with van der Waals surface area (Å²) < 4.78 is 5.28. The summed E-state index contributed by atoms with van der Waals surface area (Å²) in [6, 6.07) is 4.14. The van der Waals surface area contributed by atoms with Gasteiger partial charge in [-0.15, -0.1) is 11.3 Å². The highest BCUT2D eigenvalue weighted by Crippen LogP contribution is 2.32. The van der Waals surface area contributed by atoms with E-state index in [9.17, 15) is 9.90 Å².